The monoisotopic (exact) mass is 377 g/mol. The van der Waals surface area contributed by atoms with E-state index in [-0.39, 0.29) is 4.90 Å². The van der Waals surface area contributed by atoms with E-state index in [4.69, 9.17) is 5.73 Å². The molecule has 0 aliphatic carbocycles. The molecular weight excluding hydrogens is 354 g/mol. The highest BCUT2D eigenvalue weighted by Crippen LogP contribution is 2.25. The van der Waals surface area contributed by atoms with E-state index >= 15 is 0 Å². The third-order valence-electron chi connectivity index (χ3n) is 3.50. The molecular formula is C14H24BrN3O2S. The summed E-state index contributed by atoms with van der Waals surface area (Å²) in [5.41, 5.74) is 7.10. The van der Waals surface area contributed by atoms with Crippen molar-refractivity contribution in [1.82, 2.24) is 9.62 Å². The standard InChI is InChI=1S/C14H24BrN3O2S/c1-4-18(5-2)7-6-17-21(19,20)14-9-12(10-16)8-13(15)11(14)3/h8-9,17H,4-7,10,16H2,1-3H3. The van der Waals surface area contributed by atoms with E-state index in [1.54, 1.807) is 13.0 Å². The van der Waals surface area contributed by atoms with Crippen molar-refractivity contribution in [3.63, 3.8) is 0 Å². The number of nitrogens with zero attached hydrogens (tertiary/aromatic N) is 1. The Morgan fingerprint density at radius 2 is 1.90 bits per heavy atom. The number of hydrogen-bond acceptors (Lipinski definition) is 4. The lowest BCUT2D eigenvalue weighted by Gasteiger charge is -2.18. The first-order valence-electron chi connectivity index (χ1n) is 7.06. The molecule has 120 valence electrons. The van der Waals surface area contributed by atoms with Gasteiger partial charge in [0.25, 0.3) is 0 Å². The number of sulfonamides is 1. The van der Waals surface area contributed by atoms with Gasteiger partial charge in [-0.25, -0.2) is 13.1 Å². The van der Waals surface area contributed by atoms with Crippen molar-refractivity contribution < 1.29 is 8.42 Å². The summed E-state index contributed by atoms with van der Waals surface area (Å²) in [6, 6.07) is 3.49. The molecule has 0 atom stereocenters. The van der Waals surface area contributed by atoms with E-state index in [1.165, 1.54) is 0 Å². The number of halogens is 1. The van der Waals surface area contributed by atoms with Crippen LogP contribution >= 0.6 is 15.9 Å². The molecule has 0 heterocycles. The fourth-order valence-corrected chi connectivity index (χ4v) is 4.03. The summed E-state index contributed by atoms with van der Waals surface area (Å²) in [4.78, 5) is 2.46. The minimum atomic E-state index is -3.52. The first-order valence-corrected chi connectivity index (χ1v) is 9.34. The molecule has 0 amide bonds. The average molecular weight is 378 g/mol. The maximum Gasteiger partial charge on any atom is 0.240 e. The van der Waals surface area contributed by atoms with Crippen LogP contribution in [0.3, 0.4) is 0 Å². The Kier molecular flexibility index (Phi) is 7.29. The molecule has 1 rings (SSSR count). The van der Waals surface area contributed by atoms with E-state index in [2.05, 4.69) is 39.4 Å². The highest BCUT2D eigenvalue weighted by molar-refractivity contribution is 9.10. The lowest BCUT2D eigenvalue weighted by molar-refractivity contribution is 0.309. The van der Waals surface area contributed by atoms with Gasteiger partial charge in [-0.15, -0.1) is 0 Å². The molecule has 3 N–H and O–H groups in total. The van der Waals surface area contributed by atoms with Crippen LogP contribution in [0.5, 0.6) is 0 Å². The molecule has 5 nitrogen and oxygen atoms in total. The maximum absolute atomic E-state index is 12.4. The Bertz CT molecular complexity index is 572. The van der Waals surface area contributed by atoms with Gasteiger partial charge in [0.15, 0.2) is 0 Å². The highest BCUT2D eigenvalue weighted by Gasteiger charge is 2.19. The number of hydrogen-bond donors (Lipinski definition) is 2. The van der Waals surface area contributed by atoms with E-state index in [0.29, 0.717) is 25.2 Å². The van der Waals surface area contributed by atoms with Gasteiger partial charge < -0.3 is 10.6 Å². The first kappa shape index (κ1) is 18.6. The number of nitrogens with one attached hydrogen (secondary N) is 1. The Hall–Kier alpha value is -0.470. The van der Waals surface area contributed by atoms with Crippen molar-refractivity contribution in [2.24, 2.45) is 5.73 Å². The predicted octanol–water partition coefficient (Wildman–Crippen LogP) is 1.84. The van der Waals surface area contributed by atoms with Crippen LogP contribution in [0.25, 0.3) is 0 Å². The summed E-state index contributed by atoms with van der Waals surface area (Å²) in [5.74, 6) is 0. The second-order valence-corrected chi connectivity index (χ2v) is 7.42. The molecule has 0 bridgehead atoms. The Morgan fingerprint density at radius 3 is 2.43 bits per heavy atom. The first-order chi connectivity index (χ1) is 9.85. The Labute approximate surface area is 136 Å². The largest absolute Gasteiger partial charge is 0.326 e. The number of likely N-dealkylation sites (N-methyl/N-ethyl adjacent to an activating group) is 1. The Morgan fingerprint density at radius 1 is 1.29 bits per heavy atom. The van der Waals surface area contributed by atoms with Crippen LogP contribution in [0, 0.1) is 6.92 Å². The molecule has 0 aliphatic heterocycles. The minimum absolute atomic E-state index is 0.289. The second kappa shape index (κ2) is 8.24. The van der Waals surface area contributed by atoms with E-state index in [0.717, 1.165) is 23.1 Å². The van der Waals surface area contributed by atoms with Crippen LogP contribution in [0.4, 0.5) is 0 Å². The van der Waals surface area contributed by atoms with Gasteiger partial charge in [0.05, 0.1) is 4.90 Å². The molecule has 0 aliphatic rings. The number of nitrogens with two attached hydrogens (primary N) is 1. The van der Waals surface area contributed by atoms with Crippen molar-refractivity contribution in [1.29, 1.82) is 0 Å². The molecule has 0 radical (unpaired) electrons. The van der Waals surface area contributed by atoms with Crippen LogP contribution in [-0.4, -0.2) is 39.5 Å². The van der Waals surface area contributed by atoms with Gasteiger partial charge in [-0.2, -0.15) is 0 Å². The summed E-state index contributed by atoms with van der Waals surface area (Å²) in [6.45, 7) is 9.12. The molecule has 21 heavy (non-hydrogen) atoms. The van der Waals surface area contributed by atoms with Crippen LogP contribution in [0.15, 0.2) is 21.5 Å². The molecule has 0 spiro atoms. The van der Waals surface area contributed by atoms with Gasteiger partial charge in [-0.1, -0.05) is 29.8 Å². The van der Waals surface area contributed by atoms with Crippen LogP contribution in [-0.2, 0) is 16.6 Å². The lowest BCUT2D eigenvalue weighted by Crippen LogP contribution is -2.35. The molecule has 1 aromatic rings. The lowest BCUT2D eigenvalue weighted by atomic mass is 10.1. The fourth-order valence-electron chi connectivity index (χ4n) is 2.06. The normalized spacial score (nSPS) is 12.1. The molecule has 0 aromatic heterocycles. The third-order valence-corrected chi connectivity index (χ3v) is 5.91. The smallest absolute Gasteiger partial charge is 0.240 e. The van der Waals surface area contributed by atoms with Gasteiger partial charge in [-0.05, 0) is 43.3 Å². The zero-order valence-corrected chi connectivity index (χ0v) is 15.2. The average Bonchev–Trinajstić information content (AvgIpc) is 2.46. The van der Waals surface area contributed by atoms with Crippen molar-refractivity contribution in [3.8, 4) is 0 Å². The minimum Gasteiger partial charge on any atom is -0.326 e. The summed E-state index contributed by atoms with van der Waals surface area (Å²) in [7, 11) is -3.52. The van der Waals surface area contributed by atoms with Gasteiger partial charge in [0, 0.05) is 24.1 Å². The molecule has 1 aromatic carbocycles. The number of rotatable bonds is 8. The summed E-state index contributed by atoms with van der Waals surface area (Å²) in [6.07, 6.45) is 0. The quantitative estimate of drug-likeness (QED) is 0.724. The van der Waals surface area contributed by atoms with Crippen molar-refractivity contribution in [2.75, 3.05) is 26.2 Å². The van der Waals surface area contributed by atoms with Gasteiger partial charge in [-0.3, -0.25) is 0 Å². The molecule has 0 saturated heterocycles. The molecule has 0 fully saturated rings. The molecule has 0 unspecified atom stereocenters. The molecule has 0 saturated carbocycles. The van der Waals surface area contributed by atoms with Crippen molar-refractivity contribution in [2.45, 2.75) is 32.2 Å². The fraction of sp³-hybridized carbons (Fsp3) is 0.571. The zero-order valence-electron chi connectivity index (χ0n) is 12.8. The second-order valence-electron chi connectivity index (χ2n) is 4.83. The van der Waals surface area contributed by atoms with Gasteiger partial charge in [0.2, 0.25) is 10.0 Å². The SMILES string of the molecule is CCN(CC)CCNS(=O)(=O)c1cc(CN)cc(Br)c1C. The maximum atomic E-state index is 12.4. The summed E-state index contributed by atoms with van der Waals surface area (Å²) >= 11 is 3.39. The van der Waals surface area contributed by atoms with Gasteiger partial charge in [0.1, 0.15) is 0 Å². The van der Waals surface area contributed by atoms with Gasteiger partial charge >= 0.3 is 0 Å². The van der Waals surface area contributed by atoms with E-state index < -0.39 is 10.0 Å². The highest BCUT2D eigenvalue weighted by atomic mass is 79.9. The van der Waals surface area contributed by atoms with Crippen molar-refractivity contribution >= 4 is 26.0 Å². The van der Waals surface area contributed by atoms with Crippen LogP contribution in [0.1, 0.15) is 25.0 Å². The summed E-state index contributed by atoms with van der Waals surface area (Å²) in [5, 5.41) is 0. The zero-order chi connectivity index (χ0) is 16.0. The van der Waals surface area contributed by atoms with Crippen LogP contribution < -0.4 is 10.5 Å². The third kappa shape index (κ3) is 5.03. The Balaban J connectivity index is 2.90. The molecule has 7 heteroatoms. The van der Waals surface area contributed by atoms with E-state index in [9.17, 15) is 8.42 Å². The number of benzene rings is 1. The topological polar surface area (TPSA) is 75.4 Å². The van der Waals surface area contributed by atoms with Crippen LogP contribution in [0.2, 0.25) is 0 Å². The van der Waals surface area contributed by atoms with Crippen molar-refractivity contribution in [3.05, 3.63) is 27.7 Å². The predicted molar refractivity (Wildman–Crippen MR) is 89.7 cm³/mol. The van der Waals surface area contributed by atoms with E-state index in [1.807, 2.05) is 6.07 Å². The summed E-state index contributed by atoms with van der Waals surface area (Å²) < 4.78 is 28.3.